The second-order valence-electron chi connectivity index (χ2n) is 22.0. The minimum Gasteiger partial charge on any atom is -0.756 e. The van der Waals surface area contributed by atoms with Crippen molar-refractivity contribution in [2.45, 2.75) is 350 Å². The van der Waals surface area contributed by atoms with Gasteiger partial charge in [-0.15, -0.1) is 0 Å². The molecule has 0 heterocycles. The summed E-state index contributed by atoms with van der Waals surface area (Å²) in [6, 6.07) is 0. The number of hydrogen-bond acceptors (Lipinski definition) is 15. The van der Waals surface area contributed by atoms with Gasteiger partial charge in [0.25, 0.3) is 23.5 Å². The van der Waals surface area contributed by atoms with E-state index in [2.05, 4.69) is 34.3 Å². The third-order valence-electron chi connectivity index (χ3n) is 14.2. The Morgan fingerprint density at radius 2 is 0.354 bits per heavy atom. The molecule has 0 aliphatic carbocycles. The van der Waals surface area contributed by atoms with E-state index in [4.69, 9.17) is 27.8 Å². The van der Waals surface area contributed by atoms with Crippen LogP contribution in [0.25, 0.3) is 0 Å². The van der Waals surface area contributed by atoms with E-state index in [1.165, 1.54) is 250 Å². The van der Waals surface area contributed by atoms with Crippen molar-refractivity contribution in [2.75, 3.05) is 60.0 Å². The van der Waals surface area contributed by atoms with Gasteiger partial charge >= 0.3 is 17.4 Å². The first kappa shape index (κ1) is 89.2. The third kappa shape index (κ3) is 82.8. The molecule has 82 heavy (non-hydrogen) atoms. The molecule has 492 valence electrons. The number of rotatable bonds is 66. The van der Waals surface area contributed by atoms with Crippen LogP contribution in [0.5, 0.6) is 0 Å². The Balaban J connectivity index is -0.000000553. The topological polar surface area (TPSA) is 203 Å². The average Bonchev–Trinajstić information content (AvgIpc) is 3.44. The van der Waals surface area contributed by atoms with Crippen LogP contribution in [0, 0.1) is 0 Å². The summed E-state index contributed by atoms with van der Waals surface area (Å²) in [5.74, 6) is 0. The molecule has 3 unspecified atom stereocenters. The Hall–Kier alpha value is 0.742. The first-order chi connectivity index (χ1) is 39.4. The molecule has 0 spiro atoms. The molecule has 0 radical (unpaired) electrons. The van der Waals surface area contributed by atoms with Gasteiger partial charge in [-0.25, -0.2) is 0 Å². The van der Waals surface area contributed by atoms with Crippen molar-refractivity contribution in [3.05, 3.63) is 0 Å². The molecule has 0 fully saturated rings. The zero-order chi connectivity index (χ0) is 60.2. The molecule has 0 saturated carbocycles. The molecular weight excluding hydrogens is 1120 g/mol. The molecule has 0 aromatic carbocycles. The number of ether oxygens (including phenoxy) is 3. The summed E-state index contributed by atoms with van der Waals surface area (Å²) in [5, 5.41) is 0. The standard InChI is InChI=1S/3C21H45O5P.Al/c3*1-3-5-6-7-8-9-10-11-12-13-14-15-16-17-18-19-20-25-27(22,23)26-21-24-4-2;/h3*3-21H2,1-2H3,(H,22,23);/q;;;+3/p-3. The Labute approximate surface area is 517 Å². The van der Waals surface area contributed by atoms with Crippen molar-refractivity contribution >= 4 is 40.8 Å². The molecule has 0 aliphatic rings. The Bertz CT molecular complexity index is 1180. The molecule has 3 atom stereocenters. The van der Waals surface area contributed by atoms with Gasteiger partial charge < -0.3 is 42.5 Å². The molecule has 0 saturated heterocycles. The van der Waals surface area contributed by atoms with Crippen LogP contribution in [0.1, 0.15) is 350 Å². The third-order valence-corrected chi connectivity index (χ3v) is 17.0. The predicted molar refractivity (Wildman–Crippen MR) is 338 cm³/mol. The average molecular weight is 1250 g/mol. The zero-order valence-corrected chi connectivity index (χ0v) is 58.2. The molecule has 0 bridgehead atoms. The minimum absolute atomic E-state index is 0. The molecule has 0 N–H and O–H groups in total. The van der Waals surface area contributed by atoms with Crippen LogP contribution in [0.3, 0.4) is 0 Å². The molecule has 0 rings (SSSR count). The summed E-state index contributed by atoms with van der Waals surface area (Å²) in [7, 11) is -12.6. The first-order valence-electron chi connectivity index (χ1n) is 33.9. The quantitative estimate of drug-likeness (QED) is 0.0240. The fourth-order valence-corrected chi connectivity index (χ4v) is 11.0. The van der Waals surface area contributed by atoms with E-state index < -0.39 is 23.5 Å². The van der Waals surface area contributed by atoms with E-state index in [1.54, 1.807) is 20.8 Å². The van der Waals surface area contributed by atoms with Crippen molar-refractivity contribution in [3.8, 4) is 0 Å². The summed E-state index contributed by atoms with van der Waals surface area (Å²) in [4.78, 5) is 34.1. The van der Waals surface area contributed by atoms with Gasteiger partial charge in [0.05, 0.1) is 19.8 Å². The second kappa shape index (κ2) is 74.2. The first-order valence-corrected chi connectivity index (χ1v) is 38.3. The second-order valence-corrected chi connectivity index (χ2v) is 26.2. The Morgan fingerprint density at radius 1 is 0.220 bits per heavy atom. The fourth-order valence-electron chi connectivity index (χ4n) is 9.15. The van der Waals surface area contributed by atoms with Crippen molar-refractivity contribution in [3.63, 3.8) is 0 Å². The smallest absolute Gasteiger partial charge is 0.756 e. The van der Waals surface area contributed by atoms with E-state index in [1.807, 2.05) is 0 Å². The van der Waals surface area contributed by atoms with Gasteiger partial charge in [0, 0.05) is 19.8 Å². The number of phosphoric acid groups is 3. The summed E-state index contributed by atoms with van der Waals surface area (Å²) in [6.45, 7) is 13.2. The van der Waals surface area contributed by atoms with Gasteiger partial charge in [-0.3, -0.25) is 27.3 Å². The Morgan fingerprint density at radius 3 is 0.488 bits per heavy atom. The fraction of sp³-hybridized carbons (Fsp3) is 1.00. The van der Waals surface area contributed by atoms with Gasteiger partial charge in [0.1, 0.15) is 0 Å². The maximum absolute atomic E-state index is 11.4. The normalized spacial score (nSPS) is 13.6. The van der Waals surface area contributed by atoms with Crippen LogP contribution < -0.4 is 14.7 Å². The van der Waals surface area contributed by atoms with Crippen LogP contribution in [-0.4, -0.2) is 77.4 Å². The van der Waals surface area contributed by atoms with Gasteiger partial charge in [0.15, 0.2) is 20.4 Å². The number of phosphoric ester groups is 3. The van der Waals surface area contributed by atoms with Crippen LogP contribution in [0.2, 0.25) is 0 Å². The van der Waals surface area contributed by atoms with E-state index in [0.717, 1.165) is 57.8 Å². The summed E-state index contributed by atoms with van der Waals surface area (Å²) < 4.78 is 76.6. The van der Waals surface area contributed by atoms with Gasteiger partial charge in [-0.2, -0.15) is 0 Å². The maximum Gasteiger partial charge on any atom is 3.00 e. The molecule has 19 heteroatoms. The van der Waals surface area contributed by atoms with Crippen molar-refractivity contribution in [1.82, 2.24) is 0 Å². The van der Waals surface area contributed by atoms with Crippen LogP contribution in [0.15, 0.2) is 0 Å². The SMILES string of the molecule is CCCCCCCCCCCCCCCCCCOP(=O)([O-])OCOCC.CCCCCCCCCCCCCCCCCCOP(=O)([O-])OCOCC.CCCCCCCCCCCCCCCCCCOP(=O)([O-])OCOCC.[Al+3]. The summed E-state index contributed by atoms with van der Waals surface area (Å²) in [6.07, 6.45) is 62.1. The van der Waals surface area contributed by atoms with Crippen LogP contribution in [0.4, 0.5) is 0 Å². The molecule has 0 aromatic heterocycles. The molecule has 15 nitrogen and oxygen atoms in total. The largest absolute Gasteiger partial charge is 3.00 e. The van der Waals surface area contributed by atoms with Gasteiger partial charge in [0.2, 0.25) is 0 Å². The number of unbranched alkanes of at least 4 members (excludes halogenated alkanes) is 45. The molecule has 0 aromatic rings. The molecular formula is C63H132AlO15P3. The predicted octanol–water partition coefficient (Wildman–Crippen LogP) is 19.8. The monoisotopic (exact) mass is 1250 g/mol. The zero-order valence-electron chi connectivity index (χ0n) is 54.3. The summed E-state index contributed by atoms with van der Waals surface area (Å²) >= 11 is 0. The van der Waals surface area contributed by atoms with Crippen LogP contribution >= 0.6 is 23.5 Å². The molecule has 0 amide bonds. The molecule has 0 aliphatic heterocycles. The van der Waals surface area contributed by atoms with E-state index in [-0.39, 0.29) is 57.6 Å². The van der Waals surface area contributed by atoms with E-state index in [0.29, 0.717) is 19.8 Å². The van der Waals surface area contributed by atoms with Crippen molar-refractivity contribution in [2.24, 2.45) is 0 Å². The van der Waals surface area contributed by atoms with Crippen molar-refractivity contribution in [1.29, 1.82) is 0 Å². The number of hydrogen-bond donors (Lipinski definition) is 0. The maximum atomic E-state index is 11.4. The van der Waals surface area contributed by atoms with E-state index >= 15 is 0 Å². The van der Waals surface area contributed by atoms with Crippen molar-refractivity contribution < 1.29 is 69.7 Å². The summed E-state index contributed by atoms with van der Waals surface area (Å²) in [5.41, 5.74) is 0. The van der Waals surface area contributed by atoms with E-state index in [9.17, 15) is 28.4 Å². The Kier molecular flexibility index (Phi) is 80.7. The van der Waals surface area contributed by atoms with Crippen LogP contribution in [-0.2, 0) is 55.0 Å². The minimum atomic E-state index is -4.19. The van der Waals surface area contributed by atoms with Gasteiger partial charge in [-0.05, 0) is 40.0 Å². The van der Waals surface area contributed by atoms with Gasteiger partial charge in [-0.1, -0.05) is 310 Å².